The zero-order valence-electron chi connectivity index (χ0n) is 3.35. The Morgan fingerprint density at radius 2 is 2.67 bits per heavy atom. The van der Waals surface area contributed by atoms with Crippen molar-refractivity contribution in [3.63, 3.8) is 0 Å². The van der Waals surface area contributed by atoms with Crippen molar-refractivity contribution in [2.45, 2.75) is 5.32 Å². The van der Waals surface area contributed by atoms with Crippen LogP contribution in [-0.2, 0) is 0 Å². The summed E-state index contributed by atoms with van der Waals surface area (Å²) in [4.78, 5) is 3.96. The minimum atomic E-state index is 0.556. The number of nitrogens with two attached hydrogens (primary N) is 1. The van der Waals surface area contributed by atoms with Gasteiger partial charge in [-0.15, -0.1) is 0 Å². The summed E-state index contributed by atoms with van der Waals surface area (Å²) in [6.07, 6.45) is 0. The van der Waals surface area contributed by atoms with Crippen LogP contribution < -0.4 is 5.73 Å². The van der Waals surface area contributed by atoms with Gasteiger partial charge in [0.05, 0.1) is 0 Å². The summed E-state index contributed by atoms with van der Waals surface area (Å²) in [6, 6.07) is 0. The van der Waals surface area contributed by atoms with Gasteiger partial charge in [0.1, 0.15) is 0 Å². The van der Waals surface area contributed by atoms with Crippen LogP contribution in [-0.4, -0.2) is 26.2 Å². The van der Waals surface area contributed by atoms with E-state index in [0.717, 1.165) is 11.3 Å². The van der Waals surface area contributed by atoms with E-state index in [-0.39, 0.29) is 0 Å². The van der Waals surface area contributed by atoms with Crippen LogP contribution in [0.1, 0.15) is 0 Å². The van der Waals surface area contributed by atoms with E-state index < -0.39 is 0 Å². The van der Waals surface area contributed by atoms with Crippen molar-refractivity contribution >= 4 is 19.7 Å². The van der Waals surface area contributed by atoms with Crippen molar-refractivity contribution in [1.82, 2.24) is 0 Å². The van der Waals surface area contributed by atoms with E-state index in [0.29, 0.717) is 15.0 Å². The predicted octanol–water partition coefficient (Wildman–Crippen LogP) is -0.563. The maximum atomic E-state index is 5.31. The Hall–Kier alpha value is -0.0105. The molecule has 0 unspecified atom stereocenters. The Bertz CT molecular complexity index is 78.9. The standard InChI is InChI=1S/C3H6N2Se/c4-3-5-1-2-6-3/h1-2H2,(H2,4,5). The van der Waals surface area contributed by atoms with Gasteiger partial charge in [-0.05, 0) is 0 Å². The van der Waals surface area contributed by atoms with Crippen molar-refractivity contribution < 1.29 is 0 Å². The van der Waals surface area contributed by atoms with E-state index in [1.807, 2.05) is 0 Å². The fraction of sp³-hybridized carbons (Fsp3) is 0.667. The van der Waals surface area contributed by atoms with Crippen LogP contribution >= 0.6 is 0 Å². The van der Waals surface area contributed by atoms with Gasteiger partial charge in [-0.25, -0.2) is 0 Å². The zero-order chi connectivity index (χ0) is 4.41. The third-order valence-corrected chi connectivity index (χ3v) is 2.31. The van der Waals surface area contributed by atoms with Crippen molar-refractivity contribution in [2.24, 2.45) is 10.7 Å². The first-order valence-corrected chi connectivity index (χ1v) is 3.89. The average molecular weight is 149 g/mol. The number of aliphatic imine (C=N–C) groups is 1. The number of hydrogen-bond donors (Lipinski definition) is 1. The van der Waals surface area contributed by atoms with Crippen LogP contribution in [0, 0.1) is 0 Å². The van der Waals surface area contributed by atoms with Crippen LogP contribution in [0.3, 0.4) is 0 Å². The van der Waals surface area contributed by atoms with Crippen LogP contribution in [0.25, 0.3) is 0 Å². The molecular weight excluding hydrogens is 143 g/mol. The molecule has 0 aromatic carbocycles. The molecule has 6 heavy (non-hydrogen) atoms. The third-order valence-electron chi connectivity index (χ3n) is 0.609. The Balaban J connectivity index is 2.45. The molecule has 1 aliphatic rings. The number of rotatable bonds is 0. The third kappa shape index (κ3) is 0.730. The average Bonchev–Trinajstić information content (AvgIpc) is 1.86. The second kappa shape index (κ2) is 1.63. The molecule has 0 atom stereocenters. The van der Waals surface area contributed by atoms with Gasteiger partial charge in [-0.3, -0.25) is 0 Å². The molecule has 0 radical (unpaired) electrons. The van der Waals surface area contributed by atoms with Gasteiger partial charge in [0.2, 0.25) is 0 Å². The fourth-order valence-corrected chi connectivity index (χ4v) is 1.56. The van der Waals surface area contributed by atoms with Crippen LogP contribution in [0.15, 0.2) is 4.99 Å². The summed E-state index contributed by atoms with van der Waals surface area (Å²) < 4.78 is 0.891. The predicted molar refractivity (Wildman–Crippen MR) is 27.1 cm³/mol. The first kappa shape index (κ1) is 4.16. The molecule has 0 aliphatic carbocycles. The van der Waals surface area contributed by atoms with Crippen molar-refractivity contribution in [1.29, 1.82) is 0 Å². The number of hydrogen-bond acceptors (Lipinski definition) is 2. The summed E-state index contributed by atoms with van der Waals surface area (Å²) in [5.41, 5.74) is 5.31. The molecule has 0 aromatic rings. The topological polar surface area (TPSA) is 38.4 Å². The van der Waals surface area contributed by atoms with Crippen molar-refractivity contribution in [2.75, 3.05) is 6.54 Å². The van der Waals surface area contributed by atoms with E-state index >= 15 is 0 Å². The van der Waals surface area contributed by atoms with Crippen molar-refractivity contribution in [3.8, 4) is 0 Å². The molecular formula is C3H6N2Se. The van der Waals surface area contributed by atoms with Gasteiger partial charge in [0.15, 0.2) is 0 Å². The molecule has 0 saturated carbocycles. The van der Waals surface area contributed by atoms with Gasteiger partial charge >= 0.3 is 42.3 Å². The molecule has 0 spiro atoms. The maximum absolute atomic E-state index is 5.31. The summed E-state index contributed by atoms with van der Waals surface area (Å²) in [5.74, 6) is 0. The van der Waals surface area contributed by atoms with Gasteiger partial charge < -0.3 is 0 Å². The summed E-state index contributed by atoms with van der Waals surface area (Å²) in [5, 5.41) is 1.22. The van der Waals surface area contributed by atoms with Gasteiger partial charge in [0, 0.05) is 0 Å². The van der Waals surface area contributed by atoms with Crippen LogP contribution in [0.4, 0.5) is 0 Å². The molecule has 1 heterocycles. The van der Waals surface area contributed by atoms with Crippen LogP contribution in [0.5, 0.6) is 0 Å². The molecule has 2 nitrogen and oxygen atoms in total. The second-order valence-electron chi connectivity index (χ2n) is 1.07. The Kier molecular flexibility index (Phi) is 1.13. The zero-order valence-corrected chi connectivity index (χ0v) is 5.06. The van der Waals surface area contributed by atoms with E-state index in [9.17, 15) is 0 Å². The molecule has 0 saturated heterocycles. The Morgan fingerprint density at radius 1 is 1.83 bits per heavy atom. The van der Waals surface area contributed by atoms with E-state index in [2.05, 4.69) is 4.99 Å². The molecule has 2 N–H and O–H groups in total. The molecule has 3 heteroatoms. The van der Waals surface area contributed by atoms with Crippen LogP contribution in [0.2, 0.25) is 5.32 Å². The van der Waals surface area contributed by atoms with Gasteiger partial charge in [-0.1, -0.05) is 0 Å². The van der Waals surface area contributed by atoms with E-state index in [1.165, 1.54) is 5.32 Å². The monoisotopic (exact) mass is 150 g/mol. The molecule has 1 aliphatic heterocycles. The Labute approximate surface area is 43.0 Å². The van der Waals surface area contributed by atoms with Gasteiger partial charge in [-0.2, -0.15) is 0 Å². The first-order chi connectivity index (χ1) is 2.89. The SMILES string of the molecule is NC1=NCC[Se]1. The van der Waals surface area contributed by atoms with Gasteiger partial charge in [0.25, 0.3) is 0 Å². The van der Waals surface area contributed by atoms with Crippen molar-refractivity contribution in [3.05, 3.63) is 0 Å². The second-order valence-corrected chi connectivity index (χ2v) is 3.41. The normalized spacial score (nSPS) is 21.0. The Morgan fingerprint density at radius 3 is 2.83 bits per heavy atom. The number of amidine groups is 1. The van der Waals surface area contributed by atoms with E-state index in [4.69, 9.17) is 5.73 Å². The number of nitrogens with zero attached hydrogens (tertiary/aromatic N) is 1. The molecule has 1 rings (SSSR count). The molecule has 0 amide bonds. The minimum absolute atomic E-state index is 0.556. The molecule has 0 bridgehead atoms. The summed E-state index contributed by atoms with van der Waals surface area (Å²) >= 11 is 0.556. The quantitative estimate of drug-likeness (QED) is 0.460. The molecule has 34 valence electrons. The summed E-state index contributed by atoms with van der Waals surface area (Å²) in [7, 11) is 0. The fourth-order valence-electron chi connectivity index (χ4n) is 0.352. The summed E-state index contributed by atoms with van der Waals surface area (Å²) in [6.45, 7) is 0.978. The first-order valence-electron chi connectivity index (χ1n) is 1.82. The molecule has 0 fully saturated rings. The molecule has 0 aromatic heterocycles. The van der Waals surface area contributed by atoms with E-state index in [1.54, 1.807) is 0 Å².